The molecule has 0 aromatic heterocycles. The van der Waals surface area contributed by atoms with Crippen molar-refractivity contribution in [2.24, 2.45) is 0 Å². The third-order valence-electron chi connectivity index (χ3n) is 5.33. The van der Waals surface area contributed by atoms with Crippen molar-refractivity contribution in [3.63, 3.8) is 0 Å². The van der Waals surface area contributed by atoms with E-state index in [0.717, 1.165) is 47.4 Å². The number of ketones is 1. The van der Waals surface area contributed by atoms with Crippen LogP contribution in [-0.4, -0.2) is 30.2 Å². The molecule has 0 saturated carbocycles. The fraction of sp³-hybridized carbons (Fsp3) is 0.391. The average molecular weight is 365 g/mol. The lowest BCUT2D eigenvalue weighted by Crippen LogP contribution is -2.30. The van der Waals surface area contributed by atoms with Gasteiger partial charge >= 0.3 is 0 Å². The van der Waals surface area contributed by atoms with Crippen LogP contribution in [0.15, 0.2) is 42.5 Å². The van der Waals surface area contributed by atoms with Crippen molar-refractivity contribution in [3.8, 4) is 5.75 Å². The van der Waals surface area contributed by atoms with Gasteiger partial charge in [0.1, 0.15) is 5.75 Å². The maximum atomic E-state index is 12.8. The molecular weight excluding hydrogens is 338 g/mol. The van der Waals surface area contributed by atoms with E-state index in [9.17, 15) is 9.59 Å². The minimum atomic E-state index is 0.0461. The number of Topliss-reactive ketones (excluding diaryl/α,β-unsaturated/α-hetero) is 1. The van der Waals surface area contributed by atoms with Gasteiger partial charge in [-0.3, -0.25) is 9.59 Å². The minimum Gasteiger partial charge on any atom is -0.497 e. The molecule has 1 aliphatic heterocycles. The molecule has 0 bridgehead atoms. The number of amides is 1. The van der Waals surface area contributed by atoms with Crippen molar-refractivity contribution in [2.75, 3.05) is 13.7 Å². The fourth-order valence-corrected chi connectivity index (χ4v) is 3.77. The predicted octanol–water partition coefficient (Wildman–Crippen LogP) is 4.64. The Balaban J connectivity index is 1.64. The van der Waals surface area contributed by atoms with E-state index in [2.05, 4.69) is 0 Å². The summed E-state index contributed by atoms with van der Waals surface area (Å²) in [6.07, 6.45) is 2.48. The first-order valence-corrected chi connectivity index (χ1v) is 9.53. The van der Waals surface area contributed by atoms with Crippen LogP contribution in [0, 0.1) is 13.8 Å². The molecule has 1 heterocycles. The van der Waals surface area contributed by atoms with E-state index in [0.29, 0.717) is 0 Å². The Hall–Kier alpha value is -2.62. The Morgan fingerprint density at radius 3 is 2.52 bits per heavy atom. The van der Waals surface area contributed by atoms with Crippen LogP contribution >= 0.6 is 0 Å². The molecule has 2 aromatic carbocycles. The number of methoxy groups -OCH3 is 1. The van der Waals surface area contributed by atoms with Gasteiger partial charge < -0.3 is 9.64 Å². The lowest BCUT2D eigenvalue weighted by atomic mass is 9.99. The van der Waals surface area contributed by atoms with Gasteiger partial charge in [-0.1, -0.05) is 29.8 Å². The Morgan fingerprint density at radius 1 is 1.07 bits per heavy atom. The minimum absolute atomic E-state index is 0.0461. The molecular formula is C23H27NO3. The molecule has 142 valence electrons. The van der Waals surface area contributed by atoms with Crippen molar-refractivity contribution < 1.29 is 14.3 Å². The largest absolute Gasteiger partial charge is 0.497 e. The SMILES string of the molecule is COc1ccc([C@H]2CCCN2C(=O)CCC(=O)c2cc(C)ccc2C)cc1. The molecule has 27 heavy (non-hydrogen) atoms. The summed E-state index contributed by atoms with van der Waals surface area (Å²) in [4.78, 5) is 27.3. The number of carbonyl (C=O) groups excluding carboxylic acids is 2. The number of carbonyl (C=O) groups is 2. The van der Waals surface area contributed by atoms with E-state index >= 15 is 0 Å². The van der Waals surface area contributed by atoms with Crippen molar-refractivity contribution in [1.29, 1.82) is 0 Å². The van der Waals surface area contributed by atoms with E-state index < -0.39 is 0 Å². The van der Waals surface area contributed by atoms with Gasteiger partial charge in [0.2, 0.25) is 5.91 Å². The summed E-state index contributed by atoms with van der Waals surface area (Å²) in [5.74, 6) is 0.922. The first-order chi connectivity index (χ1) is 13.0. The van der Waals surface area contributed by atoms with Crippen LogP contribution in [0.4, 0.5) is 0 Å². The van der Waals surface area contributed by atoms with Gasteiger partial charge in [0.05, 0.1) is 13.2 Å². The first kappa shape index (κ1) is 19.2. The first-order valence-electron chi connectivity index (χ1n) is 9.53. The Morgan fingerprint density at radius 2 is 1.81 bits per heavy atom. The van der Waals surface area contributed by atoms with Gasteiger partial charge in [-0.05, 0) is 56.0 Å². The number of ether oxygens (including phenoxy) is 1. The van der Waals surface area contributed by atoms with Gasteiger partial charge in [-0.15, -0.1) is 0 Å². The quantitative estimate of drug-likeness (QED) is 0.701. The fourth-order valence-electron chi connectivity index (χ4n) is 3.77. The topological polar surface area (TPSA) is 46.6 Å². The maximum Gasteiger partial charge on any atom is 0.223 e. The summed E-state index contributed by atoms with van der Waals surface area (Å²) in [5, 5.41) is 0. The van der Waals surface area contributed by atoms with Crippen molar-refractivity contribution in [1.82, 2.24) is 4.90 Å². The predicted molar refractivity (Wildman–Crippen MR) is 106 cm³/mol. The lowest BCUT2D eigenvalue weighted by molar-refractivity contribution is -0.132. The van der Waals surface area contributed by atoms with E-state index in [-0.39, 0.29) is 30.6 Å². The molecule has 1 amide bonds. The third kappa shape index (κ3) is 4.38. The lowest BCUT2D eigenvalue weighted by Gasteiger charge is -2.25. The van der Waals surface area contributed by atoms with Crippen molar-refractivity contribution >= 4 is 11.7 Å². The van der Waals surface area contributed by atoms with Crippen LogP contribution in [0.3, 0.4) is 0 Å². The second-order valence-corrected chi connectivity index (χ2v) is 7.26. The van der Waals surface area contributed by atoms with Gasteiger partial charge in [-0.2, -0.15) is 0 Å². The van der Waals surface area contributed by atoms with Crippen LogP contribution < -0.4 is 4.74 Å². The average Bonchev–Trinajstić information content (AvgIpc) is 3.17. The molecule has 1 aliphatic rings. The Bertz CT molecular complexity index is 826. The molecule has 4 heteroatoms. The van der Waals surface area contributed by atoms with Gasteiger partial charge in [-0.25, -0.2) is 0 Å². The second kappa shape index (κ2) is 8.38. The van der Waals surface area contributed by atoms with Crippen LogP contribution in [-0.2, 0) is 4.79 Å². The molecule has 0 unspecified atom stereocenters. The van der Waals surface area contributed by atoms with Gasteiger partial charge in [0, 0.05) is 24.9 Å². The zero-order chi connectivity index (χ0) is 19.4. The van der Waals surface area contributed by atoms with Crippen LogP contribution in [0.25, 0.3) is 0 Å². The number of aryl methyl sites for hydroxylation is 2. The number of hydrogen-bond donors (Lipinski definition) is 0. The highest BCUT2D eigenvalue weighted by molar-refractivity contribution is 5.99. The van der Waals surface area contributed by atoms with Crippen molar-refractivity contribution in [3.05, 3.63) is 64.7 Å². The molecule has 1 fully saturated rings. The summed E-state index contributed by atoms with van der Waals surface area (Å²) in [5.41, 5.74) is 3.89. The highest BCUT2D eigenvalue weighted by Gasteiger charge is 2.30. The van der Waals surface area contributed by atoms with Crippen LogP contribution in [0.1, 0.15) is 58.8 Å². The van der Waals surface area contributed by atoms with Gasteiger partial charge in [0.15, 0.2) is 5.78 Å². The number of nitrogens with zero attached hydrogens (tertiary/aromatic N) is 1. The Labute approximate surface area is 161 Å². The summed E-state index contributed by atoms with van der Waals surface area (Å²) in [7, 11) is 1.65. The zero-order valence-electron chi connectivity index (χ0n) is 16.3. The molecule has 4 nitrogen and oxygen atoms in total. The zero-order valence-corrected chi connectivity index (χ0v) is 16.3. The van der Waals surface area contributed by atoms with E-state index in [1.54, 1.807) is 7.11 Å². The molecule has 2 aromatic rings. The smallest absolute Gasteiger partial charge is 0.223 e. The second-order valence-electron chi connectivity index (χ2n) is 7.26. The number of hydrogen-bond acceptors (Lipinski definition) is 3. The standard InChI is InChI=1S/C23H27NO3/c1-16-6-7-17(2)20(15-16)22(25)12-13-23(26)24-14-4-5-21(24)18-8-10-19(27-3)11-9-18/h6-11,15,21H,4-5,12-14H2,1-3H3/t21-/m1/s1. The van der Waals surface area contributed by atoms with E-state index in [1.807, 2.05) is 61.2 Å². The van der Waals surface area contributed by atoms with Gasteiger partial charge in [0.25, 0.3) is 0 Å². The normalized spacial score (nSPS) is 16.4. The summed E-state index contributed by atoms with van der Waals surface area (Å²) in [6.45, 7) is 4.67. The van der Waals surface area contributed by atoms with Crippen molar-refractivity contribution in [2.45, 2.75) is 45.6 Å². The summed E-state index contributed by atoms with van der Waals surface area (Å²) in [6, 6.07) is 13.9. The molecule has 1 saturated heterocycles. The number of likely N-dealkylation sites (tertiary alicyclic amines) is 1. The van der Waals surface area contributed by atoms with Crippen LogP contribution in [0.2, 0.25) is 0 Å². The third-order valence-corrected chi connectivity index (χ3v) is 5.33. The molecule has 3 rings (SSSR count). The number of rotatable bonds is 6. The molecule has 0 radical (unpaired) electrons. The molecule has 1 atom stereocenters. The molecule has 0 spiro atoms. The van der Waals surface area contributed by atoms with E-state index in [4.69, 9.17) is 4.74 Å². The monoisotopic (exact) mass is 365 g/mol. The maximum absolute atomic E-state index is 12.8. The Kier molecular flexibility index (Phi) is 5.94. The van der Waals surface area contributed by atoms with Crippen LogP contribution in [0.5, 0.6) is 5.75 Å². The molecule has 0 N–H and O–H groups in total. The van der Waals surface area contributed by atoms with E-state index in [1.165, 1.54) is 0 Å². The molecule has 0 aliphatic carbocycles. The highest BCUT2D eigenvalue weighted by Crippen LogP contribution is 2.33. The highest BCUT2D eigenvalue weighted by atomic mass is 16.5. The summed E-state index contributed by atoms with van der Waals surface area (Å²) < 4.78 is 5.21. The number of benzene rings is 2. The summed E-state index contributed by atoms with van der Waals surface area (Å²) >= 11 is 0.